The van der Waals surface area contributed by atoms with Crippen molar-refractivity contribution in [1.29, 1.82) is 0 Å². The predicted molar refractivity (Wildman–Crippen MR) is 49.2 cm³/mol. The fourth-order valence-electron chi connectivity index (χ4n) is 1.10. The van der Waals surface area contributed by atoms with E-state index in [-0.39, 0.29) is 11.3 Å². The molecule has 0 heterocycles. The van der Waals surface area contributed by atoms with Gasteiger partial charge in [-0.25, -0.2) is 0 Å². The van der Waals surface area contributed by atoms with Gasteiger partial charge < -0.3 is 15.3 Å². The molecule has 0 radical (unpaired) electrons. The molecule has 0 fully saturated rings. The molecule has 0 aliphatic heterocycles. The van der Waals surface area contributed by atoms with Gasteiger partial charge in [0, 0.05) is 5.56 Å². The molecule has 0 unspecified atom stereocenters. The van der Waals surface area contributed by atoms with Gasteiger partial charge in [-0.05, 0) is 24.1 Å². The molecule has 0 bridgehead atoms. The summed E-state index contributed by atoms with van der Waals surface area (Å²) in [5, 5.41) is 27.0. The van der Waals surface area contributed by atoms with Crippen LogP contribution in [0.5, 0.6) is 5.75 Å². The number of aliphatic hydroxyl groups is 2. The summed E-state index contributed by atoms with van der Waals surface area (Å²) in [6.45, 7) is 3.57. The molecular weight excluding hydrogens is 168 g/mol. The molecule has 3 nitrogen and oxygen atoms in total. The Morgan fingerprint density at radius 2 is 2.08 bits per heavy atom. The Labute approximate surface area is 76.6 Å². The van der Waals surface area contributed by atoms with Crippen molar-refractivity contribution in [1.82, 2.24) is 0 Å². The van der Waals surface area contributed by atoms with Gasteiger partial charge in [0.15, 0.2) is 6.29 Å². The highest BCUT2D eigenvalue weighted by molar-refractivity contribution is 5.37. The molecule has 0 spiro atoms. The van der Waals surface area contributed by atoms with E-state index in [1.807, 2.05) is 0 Å². The third-order valence-corrected chi connectivity index (χ3v) is 1.75. The van der Waals surface area contributed by atoms with Crippen molar-refractivity contribution in [3.63, 3.8) is 0 Å². The molecule has 0 atom stereocenters. The summed E-state index contributed by atoms with van der Waals surface area (Å²) in [7, 11) is 0. The van der Waals surface area contributed by atoms with Gasteiger partial charge in [-0.3, -0.25) is 0 Å². The minimum absolute atomic E-state index is 0.109. The molecule has 0 aliphatic carbocycles. The number of benzene rings is 1. The SMILES string of the molecule is C=CCc1ccc(O)c(C(O)O)c1. The molecule has 0 aliphatic rings. The lowest BCUT2D eigenvalue weighted by Crippen LogP contribution is -1.96. The molecule has 0 saturated heterocycles. The van der Waals surface area contributed by atoms with Crippen molar-refractivity contribution in [2.24, 2.45) is 0 Å². The largest absolute Gasteiger partial charge is 0.507 e. The first kappa shape index (κ1) is 9.77. The quantitative estimate of drug-likeness (QED) is 0.482. The van der Waals surface area contributed by atoms with E-state index >= 15 is 0 Å². The minimum atomic E-state index is -1.63. The normalized spacial score (nSPS) is 10.4. The van der Waals surface area contributed by atoms with Crippen molar-refractivity contribution in [2.75, 3.05) is 0 Å². The lowest BCUT2D eigenvalue weighted by Gasteiger charge is -2.07. The zero-order valence-electron chi connectivity index (χ0n) is 7.14. The number of allylic oxidation sites excluding steroid dienone is 1. The summed E-state index contributed by atoms with van der Waals surface area (Å²) in [5.41, 5.74) is 1.01. The molecule has 0 amide bonds. The molecule has 0 saturated carbocycles. The van der Waals surface area contributed by atoms with Crippen LogP contribution in [0.4, 0.5) is 0 Å². The Bertz CT molecular complexity index is 305. The van der Waals surface area contributed by atoms with Crippen LogP contribution >= 0.6 is 0 Å². The molecule has 1 rings (SSSR count). The highest BCUT2D eigenvalue weighted by Crippen LogP contribution is 2.23. The average Bonchev–Trinajstić information content (AvgIpc) is 2.08. The van der Waals surface area contributed by atoms with Crippen LogP contribution in [0.15, 0.2) is 30.9 Å². The summed E-state index contributed by atoms with van der Waals surface area (Å²) in [5.74, 6) is -0.109. The first-order valence-electron chi connectivity index (χ1n) is 3.94. The van der Waals surface area contributed by atoms with Crippen molar-refractivity contribution in [2.45, 2.75) is 12.7 Å². The van der Waals surface area contributed by atoms with Crippen molar-refractivity contribution >= 4 is 0 Å². The molecule has 13 heavy (non-hydrogen) atoms. The monoisotopic (exact) mass is 180 g/mol. The molecule has 70 valence electrons. The number of phenols is 1. The van der Waals surface area contributed by atoms with Crippen LogP contribution < -0.4 is 0 Å². The predicted octanol–water partition coefficient (Wildman–Crippen LogP) is 1.10. The third kappa shape index (κ3) is 2.31. The summed E-state index contributed by atoms with van der Waals surface area (Å²) in [4.78, 5) is 0. The molecule has 0 aromatic heterocycles. The van der Waals surface area contributed by atoms with Crippen molar-refractivity contribution < 1.29 is 15.3 Å². The van der Waals surface area contributed by atoms with Crippen LogP contribution in [0.3, 0.4) is 0 Å². The lowest BCUT2D eigenvalue weighted by molar-refractivity contribution is -0.0439. The Balaban J connectivity index is 3.03. The zero-order chi connectivity index (χ0) is 9.84. The second-order valence-corrected chi connectivity index (χ2v) is 2.76. The van der Waals surface area contributed by atoms with Gasteiger partial charge in [0.2, 0.25) is 0 Å². The van der Waals surface area contributed by atoms with Gasteiger partial charge in [0.1, 0.15) is 5.75 Å². The fourth-order valence-corrected chi connectivity index (χ4v) is 1.10. The molecule has 3 N–H and O–H groups in total. The second kappa shape index (κ2) is 4.07. The van der Waals surface area contributed by atoms with Crippen LogP contribution in [-0.2, 0) is 6.42 Å². The van der Waals surface area contributed by atoms with Gasteiger partial charge in [0.25, 0.3) is 0 Å². The van der Waals surface area contributed by atoms with Gasteiger partial charge in [-0.15, -0.1) is 6.58 Å². The van der Waals surface area contributed by atoms with E-state index in [9.17, 15) is 5.11 Å². The third-order valence-electron chi connectivity index (χ3n) is 1.75. The Kier molecular flexibility index (Phi) is 3.06. The van der Waals surface area contributed by atoms with Gasteiger partial charge in [-0.1, -0.05) is 12.1 Å². The first-order chi connectivity index (χ1) is 6.15. The second-order valence-electron chi connectivity index (χ2n) is 2.76. The van der Waals surface area contributed by atoms with Crippen LogP contribution in [0, 0.1) is 0 Å². The van der Waals surface area contributed by atoms with Gasteiger partial charge in [-0.2, -0.15) is 0 Å². The standard InChI is InChI=1S/C10H12O3/c1-2-3-7-4-5-9(11)8(6-7)10(12)13/h2,4-6,10-13H,1,3H2. The van der Waals surface area contributed by atoms with E-state index in [1.165, 1.54) is 6.07 Å². The van der Waals surface area contributed by atoms with Crippen LogP contribution in [-0.4, -0.2) is 15.3 Å². The fraction of sp³-hybridized carbons (Fsp3) is 0.200. The van der Waals surface area contributed by atoms with E-state index in [0.29, 0.717) is 6.42 Å². The van der Waals surface area contributed by atoms with Crippen LogP contribution in [0.2, 0.25) is 0 Å². The number of hydrogen-bond acceptors (Lipinski definition) is 3. The van der Waals surface area contributed by atoms with Crippen molar-refractivity contribution in [3.05, 3.63) is 42.0 Å². The maximum Gasteiger partial charge on any atom is 0.182 e. The van der Waals surface area contributed by atoms with E-state index in [1.54, 1.807) is 18.2 Å². The summed E-state index contributed by atoms with van der Waals surface area (Å²) in [6.07, 6.45) is 0.713. The summed E-state index contributed by atoms with van der Waals surface area (Å²) in [6, 6.07) is 4.69. The number of hydrogen-bond donors (Lipinski definition) is 3. The Hall–Kier alpha value is -1.32. The van der Waals surface area contributed by atoms with Crippen molar-refractivity contribution in [3.8, 4) is 5.75 Å². The lowest BCUT2D eigenvalue weighted by atomic mass is 10.1. The summed E-state index contributed by atoms with van der Waals surface area (Å²) >= 11 is 0. The number of rotatable bonds is 3. The van der Waals surface area contributed by atoms with Gasteiger partial charge >= 0.3 is 0 Å². The molecule has 1 aromatic carbocycles. The van der Waals surface area contributed by atoms with Crippen LogP contribution in [0.1, 0.15) is 17.4 Å². The van der Waals surface area contributed by atoms with Gasteiger partial charge in [0.05, 0.1) is 0 Å². The highest BCUT2D eigenvalue weighted by atomic mass is 16.5. The van der Waals surface area contributed by atoms with E-state index < -0.39 is 6.29 Å². The molecular formula is C10H12O3. The summed E-state index contributed by atoms with van der Waals surface area (Å²) < 4.78 is 0. The highest BCUT2D eigenvalue weighted by Gasteiger charge is 2.08. The van der Waals surface area contributed by atoms with E-state index in [4.69, 9.17) is 10.2 Å². The average molecular weight is 180 g/mol. The topological polar surface area (TPSA) is 60.7 Å². The van der Waals surface area contributed by atoms with E-state index in [2.05, 4.69) is 6.58 Å². The zero-order valence-corrected chi connectivity index (χ0v) is 7.14. The number of aliphatic hydroxyl groups excluding tert-OH is 1. The Morgan fingerprint density at radius 3 is 2.62 bits per heavy atom. The van der Waals surface area contributed by atoms with Crippen LogP contribution in [0.25, 0.3) is 0 Å². The smallest absolute Gasteiger partial charge is 0.182 e. The maximum atomic E-state index is 9.23. The number of phenolic OH excluding ortho intramolecular Hbond substituents is 1. The minimum Gasteiger partial charge on any atom is -0.507 e. The molecule has 1 aromatic rings. The van der Waals surface area contributed by atoms with E-state index in [0.717, 1.165) is 5.56 Å². The number of aromatic hydroxyl groups is 1. The Morgan fingerprint density at radius 1 is 1.38 bits per heavy atom. The maximum absolute atomic E-state index is 9.23. The molecule has 3 heteroatoms. The first-order valence-corrected chi connectivity index (χ1v) is 3.94.